The van der Waals surface area contributed by atoms with Gasteiger partial charge in [-0.05, 0) is 30.7 Å². The molecule has 90 valence electrons. The van der Waals surface area contributed by atoms with Gasteiger partial charge in [-0.3, -0.25) is 0 Å². The number of methoxy groups -OCH3 is 1. The lowest BCUT2D eigenvalue weighted by Crippen LogP contribution is -2.24. The Morgan fingerprint density at radius 1 is 1.41 bits per heavy atom. The van der Waals surface area contributed by atoms with Crippen LogP contribution in [0.25, 0.3) is 0 Å². The zero-order valence-corrected chi connectivity index (χ0v) is 10.4. The molecule has 1 atom stereocenters. The predicted molar refractivity (Wildman–Crippen MR) is 68.9 cm³/mol. The molecule has 1 unspecified atom stereocenters. The van der Waals surface area contributed by atoms with Crippen molar-refractivity contribution in [2.45, 2.75) is 25.4 Å². The number of rotatable bonds is 4. The summed E-state index contributed by atoms with van der Waals surface area (Å²) < 4.78 is 11.2. The van der Waals surface area contributed by atoms with E-state index in [0.717, 1.165) is 24.4 Å². The highest BCUT2D eigenvalue weighted by atomic mass is 16.5. The second-order valence-corrected chi connectivity index (χ2v) is 4.34. The van der Waals surface area contributed by atoms with Gasteiger partial charge >= 0.3 is 0 Å². The van der Waals surface area contributed by atoms with Crippen LogP contribution in [0.2, 0.25) is 0 Å². The summed E-state index contributed by atoms with van der Waals surface area (Å²) in [7, 11) is 1.67. The number of allylic oxidation sites excluding steroid dienone is 1. The van der Waals surface area contributed by atoms with Crippen molar-refractivity contribution < 1.29 is 9.47 Å². The van der Waals surface area contributed by atoms with Gasteiger partial charge in [-0.25, -0.2) is 0 Å². The van der Waals surface area contributed by atoms with Crippen molar-refractivity contribution in [2.24, 2.45) is 0 Å². The Kier molecular flexibility index (Phi) is 3.23. The summed E-state index contributed by atoms with van der Waals surface area (Å²) in [6, 6.07) is 8.07. The van der Waals surface area contributed by atoms with E-state index >= 15 is 0 Å². The fraction of sp³-hybridized carbons (Fsp3) is 0.333. The zero-order chi connectivity index (χ0) is 12.3. The van der Waals surface area contributed by atoms with Crippen LogP contribution in [0.3, 0.4) is 0 Å². The van der Waals surface area contributed by atoms with E-state index in [-0.39, 0.29) is 5.60 Å². The van der Waals surface area contributed by atoms with Gasteiger partial charge in [0.1, 0.15) is 11.4 Å². The minimum absolute atomic E-state index is 0.266. The first-order chi connectivity index (χ1) is 8.20. The summed E-state index contributed by atoms with van der Waals surface area (Å²) in [4.78, 5) is 0. The van der Waals surface area contributed by atoms with Gasteiger partial charge in [0, 0.05) is 12.8 Å². The van der Waals surface area contributed by atoms with Gasteiger partial charge in [0.15, 0.2) is 0 Å². The molecule has 0 aliphatic carbocycles. The largest absolute Gasteiger partial charge is 0.497 e. The Morgan fingerprint density at radius 2 is 2.12 bits per heavy atom. The van der Waals surface area contributed by atoms with Gasteiger partial charge in [0.25, 0.3) is 0 Å². The van der Waals surface area contributed by atoms with Gasteiger partial charge in [0.05, 0.1) is 12.9 Å². The molecule has 0 aromatic heterocycles. The van der Waals surface area contributed by atoms with Crippen molar-refractivity contribution in [1.29, 1.82) is 0 Å². The summed E-state index contributed by atoms with van der Waals surface area (Å²) in [6.07, 6.45) is 5.76. The van der Waals surface area contributed by atoms with E-state index in [2.05, 4.69) is 24.8 Å². The first kappa shape index (κ1) is 11.8. The van der Waals surface area contributed by atoms with Crippen LogP contribution in [0, 0.1) is 0 Å². The first-order valence-corrected chi connectivity index (χ1v) is 5.81. The summed E-state index contributed by atoms with van der Waals surface area (Å²) in [5.41, 5.74) is 0.907. The highest BCUT2D eigenvalue weighted by Gasteiger charge is 2.36. The van der Waals surface area contributed by atoms with Crippen molar-refractivity contribution in [2.75, 3.05) is 7.11 Å². The lowest BCUT2D eigenvalue weighted by molar-refractivity contribution is 0.0258. The Labute approximate surface area is 103 Å². The van der Waals surface area contributed by atoms with E-state index in [0.29, 0.717) is 0 Å². The summed E-state index contributed by atoms with van der Waals surface area (Å²) in [5.74, 6) is 1.85. The van der Waals surface area contributed by atoms with E-state index in [1.807, 2.05) is 25.1 Å². The van der Waals surface area contributed by atoms with Crippen molar-refractivity contribution >= 4 is 0 Å². The molecule has 1 aliphatic rings. The predicted octanol–water partition coefficient (Wildman–Crippen LogP) is 3.79. The first-order valence-electron chi connectivity index (χ1n) is 5.81. The van der Waals surface area contributed by atoms with Crippen LogP contribution in [0.1, 0.15) is 25.3 Å². The summed E-state index contributed by atoms with van der Waals surface area (Å²) in [5, 5.41) is 0. The molecule has 2 rings (SSSR count). The summed E-state index contributed by atoms with van der Waals surface area (Å²) >= 11 is 0. The lowest BCUT2D eigenvalue weighted by Gasteiger charge is -2.29. The Balaban J connectivity index is 2.30. The third-order valence-electron chi connectivity index (χ3n) is 3.17. The molecule has 0 fully saturated rings. The maximum Gasteiger partial charge on any atom is 0.140 e. The van der Waals surface area contributed by atoms with Gasteiger partial charge < -0.3 is 9.47 Å². The zero-order valence-electron chi connectivity index (χ0n) is 10.4. The molecule has 0 spiro atoms. The molecule has 0 radical (unpaired) electrons. The molecule has 1 aliphatic heterocycles. The minimum atomic E-state index is -0.266. The van der Waals surface area contributed by atoms with Crippen LogP contribution >= 0.6 is 0 Å². The molecule has 0 saturated carbocycles. The van der Waals surface area contributed by atoms with Crippen molar-refractivity contribution in [1.82, 2.24) is 0 Å². The number of benzene rings is 1. The SMILES string of the molecule is C=CCC1(c2ccc(OC)cc2)CC=C(C)O1. The fourth-order valence-electron chi connectivity index (χ4n) is 2.25. The molecule has 2 heteroatoms. The van der Waals surface area contributed by atoms with E-state index in [1.165, 1.54) is 5.56 Å². The Bertz CT molecular complexity index is 431. The van der Waals surface area contributed by atoms with E-state index in [4.69, 9.17) is 9.47 Å². The average molecular weight is 230 g/mol. The van der Waals surface area contributed by atoms with Crippen LogP contribution in [-0.4, -0.2) is 7.11 Å². The standard InChI is InChI=1S/C15H18O2/c1-4-10-15(11-9-12(2)17-15)13-5-7-14(16-3)8-6-13/h4-9H,1,10-11H2,2-3H3. The molecule has 0 saturated heterocycles. The van der Waals surface area contributed by atoms with Crippen molar-refractivity contribution in [3.05, 3.63) is 54.3 Å². The van der Waals surface area contributed by atoms with Crippen molar-refractivity contribution in [3.8, 4) is 5.75 Å². The molecule has 0 bridgehead atoms. The maximum atomic E-state index is 6.00. The third-order valence-corrected chi connectivity index (χ3v) is 3.17. The highest BCUT2D eigenvalue weighted by molar-refractivity contribution is 5.33. The van der Waals surface area contributed by atoms with Crippen molar-refractivity contribution in [3.63, 3.8) is 0 Å². The van der Waals surface area contributed by atoms with Gasteiger partial charge in [-0.2, -0.15) is 0 Å². The molecule has 2 nitrogen and oxygen atoms in total. The van der Waals surface area contributed by atoms with Crippen LogP contribution in [0.4, 0.5) is 0 Å². The Morgan fingerprint density at radius 3 is 2.59 bits per heavy atom. The molecule has 1 aromatic carbocycles. The fourth-order valence-corrected chi connectivity index (χ4v) is 2.25. The van der Waals surface area contributed by atoms with E-state index in [9.17, 15) is 0 Å². The van der Waals surface area contributed by atoms with E-state index in [1.54, 1.807) is 7.11 Å². The smallest absolute Gasteiger partial charge is 0.140 e. The number of hydrogen-bond donors (Lipinski definition) is 0. The molecule has 0 N–H and O–H groups in total. The van der Waals surface area contributed by atoms with Crippen LogP contribution < -0.4 is 4.74 Å². The van der Waals surface area contributed by atoms with Gasteiger partial charge in [-0.15, -0.1) is 6.58 Å². The topological polar surface area (TPSA) is 18.5 Å². The van der Waals surface area contributed by atoms with Crippen LogP contribution in [0.15, 0.2) is 48.8 Å². The summed E-state index contributed by atoms with van der Waals surface area (Å²) in [6.45, 7) is 5.82. The van der Waals surface area contributed by atoms with Gasteiger partial charge in [0.2, 0.25) is 0 Å². The second-order valence-electron chi connectivity index (χ2n) is 4.34. The van der Waals surface area contributed by atoms with Crippen LogP contribution in [0.5, 0.6) is 5.75 Å². The average Bonchev–Trinajstić information content (AvgIpc) is 2.73. The van der Waals surface area contributed by atoms with Gasteiger partial charge in [-0.1, -0.05) is 18.2 Å². The Hall–Kier alpha value is -1.70. The molecule has 0 amide bonds. The monoisotopic (exact) mass is 230 g/mol. The normalized spacial score (nSPS) is 22.8. The second kappa shape index (κ2) is 4.66. The van der Waals surface area contributed by atoms with E-state index < -0.39 is 0 Å². The molecular weight excluding hydrogens is 212 g/mol. The minimum Gasteiger partial charge on any atom is -0.497 e. The molecule has 17 heavy (non-hydrogen) atoms. The quantitative estimate of drug-likeness (QED) is 0.733. The number of hydrogen-bond acceptors (Lipinski definition) is 2. The third kappa shape index (κ3) is 2.21. The molecule has 1 heterocycles. The highest BCUT2D eigenvalue weighted by Crippen LogP contribution is 2.41. The number of ether oxygens (including phenoxy) is 2. The molecular formula is C15H18O2. The maximum absolute atomic E-state index is 6.00. The lowest BCUT2D eigenvalue weighted by atomic mass is 9.88. The van der Waals surface area contributed by atoms with Crippen LogP contribution in [-0.2, 0) is 10.3 Å². The molecule has 1 aromatic rings.